The van der Waals surface area contributed by atoms with Gasteiger partial charge in [-0.05, 0) is 30.2 Å². The number of nitrogens with one attached hydrogen (secondary N) is 2. The molecular formula is C13H18N2O2S. The third-order valence-corrected chi connectivity index (χ3v) is 4.13. The highest BCUT2D eigenvalue weighted by Crippen LogP contribution is 2.25. The molecule has 5 heteroatoms. The molecule has 98 valence electrons. The lowest BCUT2D eigenvalue weighted by Crippen LogP contribution is -2.42. The lowest BCUT2D eigenvalue weighted by atomic mass is 9.87. The lowest BCUT2D eigenvalue weighted by Gasteiger charge is -2.20. The molecule has 1 heterocycles. The van der Waals surface area contributed by atoms with E-state index in [0.717, 1.165) is 12.8 Å². The Kier molecular flexibility index (Phi) is 4.75. The molecule has 2 N–H and O–H groups in total. The van der Waals surface area contributed by atoms with Crippen molar-refractivity contribution in [3.8, 4) is 0 Å². The van der Waals surface area contributed by atoms with E-state index < -0.39 is 0 Å². The molecule has 2 amide bonds. The van der Waals surface area contributed by atoms with Crippen LogP contribution in [0.1, 0.15) is 48.2 Å². The zero-order valence-corrected chi connectivity index (χ0v) is 11.1. The zero-order chi connectivity index (χ0) is 12.8. The van der Waals surface area contributed by atoms with E-state index >= 15 is 0 Å². The molecule has 2 rings (SSSR count). The van der Waals surface area contributed by atoms with Gasteiger partial charge in [-0.2, -0.15) is 0 Å². The first-order chi connectivity index (χ1) is 8.75. The van der Waals surface area contributed by atoms with Crippen LogP contribution < -0.4 is 10.9 Å². The first-order valence-corrected chi connectivity index (χ1v) is 7.26. The standard InChI is InChI=1S/C13H18N2O2S/c16-12(9-10-5-2-1-3-6-10)14-15-13(17)11-7-4-8-18-11/h4,7-8,10H,1-3,5-6,9H2,(H,14,16)(H,15,17). The predicted octanol–water partition coefficient (Wildman–Crippen LogP) is 2.48. The molecule has 1 fully saturated rings. The summed E-state index contributed by atoms with van der Waals surface area (Å²) < 4.78 is 0. The minimum absolute atomic E-state index is 0.0909. The second kappa shape index (κ2) is 6.54. The van der Waals surface area contributed by atoms with Crippen LogP contribution >= 0.6 is 11.3 Å². The first-order valence-electron chi connectivity index (χ1n) is 6.38. The molecular weight excluding hydrogens is 248 g/mol. The average Bonchev–Trinajstić information content (AvgIpc) is 2.91. The summed E-state index contributed by atoms with van der Waals surface area (Å²) in [7, 11) is 0. The van der Waals surface area contributed by atoms with Crippen molar-refractivity contribution < 1.29 is 9.59 Å². The summed E-state index contributed by atoms with van der Waals surface area (Å²) in [5.74, 6) is 0.145. The highest BCUT2D eigenvalue weighted by Gasteiger charge is 2.17. The number of hydrazine groups is 1. The third-order valence-electron chi connectivity index (χ3n) is 3.26. The van der Waals surface area contributed by atoms with E-state index in [0.29, 0.717) is 17.2 Å². The molecule has 1 saturated carbocycles. The fourth-order valence-electron chi connectivity index (χ4n) is 2.30. The van der Waals surface area contributed by atoms with Crippen molar-refractivity contribution in [2.45, 2.75) is 38.5 Å². The maximum Gasteiger partial charge on any atom is 0.279 e. The summed E-state index contributed by atoms with van der Waals surface area (Å²) in [4.78, 5) is 23.9. The topological polar surface area (TPSA) is 58.2 Å². The van der Waals surface area contributed by atoms with Crippen molar-refractivity contribution in [3.63, 3.8) is 0 Å². The Balaban J connectivity index is 1.69. The number of thiophene rings is 1. The molecule has 1 aromatic heterocycles. The Morgan fingerprint density at radius 3 is 2.67 bits per heavy atom. The Hall–Kier alpha value is -1.36. The monoisotopic (exact) mass is 266 g/mol. The molecule has 1 aliphatic carbocycles. The Labute approximate surface area is 111 Å². The van der Waals surface area contributed by atoms with Crippen LogP contribution in [0.5, 0.6) is 0 Å². The van der Waals surface area contributed by atoms with E-state index in [4.69, 9.17) is 0 Å². The molecule has 0 radical (unpaired) electrons. The number of carbonyl (C=O) groups excluding carboxylic acids is 2. The van der Waals surface area contributed by atoms with Gasteiger partial charge in [0.15, 0.2) is 0 Å². The SMILES string of the molecule is O=C(CC1CCCCC1)NNC(=O)c1cccs1. The number of hydrogen-bond donors (Lipinski definition) is 2. The summed E-state index contributed by atoms with van der Waals surface area (Å²) in [5.41, 5.74) is 4.93. The molecule has 0 atom stereocenters. The summed E-state index contributed by atoms with van der Waals surface area (Å²) >= 11 is 1.36. The predicted molar refractivity (Wildman–Crippen MR) is 71.1 cm³/mol. The van der Waals surface area contributed by atoms with Crippen LogP contribution in [0.15, 0.2) is 17.5 Å². The van der Waals surface area contributed by atoms with Crippen molar-refractivity contribution in [2.75, 3.05) is 0 Å². The van der Waals surface area contributed by atoms with Gasteiger partial charge in [0, 0.05) is 6.42 Å². The Morgan fingerprint density at radius 2 is 2.00 bits per heavy atom. The number of hydrogen-bond acceptors (Lipinski definition) is 3. The van der Waals surface area contributed by atoms with E-state index in [9.17, 15) is 9.59 Å². The second-order valence-corrected chi connectivity index (χ2v) is 5.64. The zero-order valence-electron chi connectivity index (χ0n) is 10.3. The van der Waals surface area contributed by atoms with Crippen LogP contribution in [0.4, 0.5) is 0 Å². The summed E-state index contributed by atoms with van der Waals surface area (Å²) in [6.07, 6.45) is 6.51. The summed E-state index contributed by atoms with van der Waals surface area (Å²) in [6, 6.07) is 3.54. The smallest absolute Gasteiger partial charge is 0.273 e. The fraction of sp³-hybridized carbons (Fsp3) is 0.538. The number of carbonyl (C=O) groups is 2. The minimum Gasteiger partial charge on any atom is -0.273 e. The van der Waals surface area contributed by atoms with E-state index in [2.05, 4.69) is 10.9 Å². The van der Waals surface area contributed by atoms with Gasteiger partial charge < -0.3 is 0 Å². The normalized spacial score (nSPS) is 16.2. The highest BCUT2D eigenvalue weighted by atomic mass is 32.1. The molecule has 0 unspecified atom stereocenters. The molecule has 1 aliphatic rings. The largest absolute Gasteiger partial charge is 0.279 e. The van der Waals surface area contributed by atoms with Gasteiger partial charge in [0.1, 0.15) is 0 Å². The highest BCUT2D eigenvalue weighted by molar-refractivity contribution is 7.12. The van der Waals surface area contributed by atoms with Crippen LogP contribution in [-0.4, -0.2) is 11.8 Å². The maximum absolute atomic E-state index is 11.7. The molecule has 4 nitrogen and oxygen atoms in total. The fourth-order valence-corrected chi connectivity index (χ4v) is 2.92. The van der Waals surface area contributed by atoms with E-state index in [1.54, 1.807) is 6.07 Å². The van der Waals surface area contributed by atoms with Gasteiger partial charge >= 0.3 is 0 Å². The Bertz CT molecular complexity index is 397. The quantitative estimate of drug-likeness (QED) is 0.826. The van der Waals surface area contributed by atoms with Gasteiger partial charge in [-0.15, -0.1) is 11.3 Å². The van der Waals surface area contributed by atoms with Crippen LogP contribution in [-0.2, 0) is 4.79 Å². The molecule has 0 aromatic carbocycles. The van der Waals surface area contributed by atoms with Gasteiger partial charge in [0.2, 0.25) is 5.91 Å². The van der Waals surface area contributed by atoms with Crippen LogP contribution in [0.2, 0.25) is 0 Å². The summed E-state index contributed by atoms with van der Waals surface area (Å²) in [5, 5.41) is 1.83. The van der Waals surface area contributed by atoms with Crippen molar-refractivity contribution in [1.29, 1.82) is 0 Å². The molecule has 0 spiro atoms. The Morgan fingerprint density at radius 1 is 1.22 bits per heavy atom. The van der Waals surface area contributed by atoms with E-state index in [1.807, 2.05) is 11.4 Å². The van der Waals surface area contributed by atoms with Crippen molar-refractivity contribution in [1.82, 2.24) is 10.9 Å². The van der Waals surface area contributed by atoms with Crippen molar-refractivity contribution in [3.05, 3.63) is 22.4 Å². The molecule has 0 aliphatic heterocycles. The molecule has 18 heavy (non-hydrogen) atoms. The number of amides is 2. The summed E-state index contributed by atoms with van der Waals surface area (Å²) in [6.45, 7) is 0. The van der Waals surface area contributed by atoms with E-state index in [-0.39, 0.29) is 11.8 Å². The number of rotatable bonds is 3. The lowest BCUT2D eigenvalue weighted by molar-refractivity contribution is -0.123. The van der Waals surface area contributed by atoms with Gasteiger partial charge in [0.05, 0.1) is 4.88 Å². The van der Waals surface area contributed by atoms with E-state index in [1.165, 1.54) is 30.6 Å². The first kappa shape index (κ1) is 13.1. The molecule has 0 bridgehead atoms. The molecule has 0 saturated heterocycles. The van der Waals surface area contributed by atoms with Crippen LogP contribution in [0, 0.1) is 5.92 Å². The molecule has 1 aromatic rings. The van der Waals surface area contributed by atoms with Crippen LogP contribution in [0.3, 0.4) is 0 Å². The van der Waals surface area contributed by atoms with Gasteiger partial charge in [-0.25, -0.2) is 0 Å². The van der Waals surface area contributed by atoms with Crippen molar-refractivity contribution in [2.24, 2.45) is 5.92 Å². The van der Waals surface area contributed by atoms with Gasteiger partial charge in [0.25, 0.3) is 5.91 Å². The average molecular weight is 266 g/mol. The van der Waals surface area contributed by atoms with Gasteiger partial charge in [-0.1, -0.05) is 25.3 Å². The van der Waals surface area contributed by atoms with Crippen molar-refractivity contribution >= 4 is 23.2 Å². The second-order valence-electron chi connectivity index (χ2n) is 4.69. The van der Waals surface area contributed by atoms with Gasteiger partial charge in [-0.3, -0.25) is 20.4 Å². The minimum atomic E-state index is -0.248. The third kappa shape index (κ3) is 3.84. The maximum atomic E-state index is 11.7. The van der Waals surface area contributed by atoms with Crippen LogP contribution in [0.25, 0.3) is 0 Å².